The SMILES string of the molecule is CNCCCN1CC(=O)NCCC1=O. The van der Waals surface area contributed by atoms with Crippen molar-refractivity contribution in [2.75, 3.05) is 33.2 Å². The van der Waals surface area contributed by atoms with E-state index in [1.807, 2.05) is 7.05 Å². The molecule has 0 saturated carbocycles. The molecule has 0 aromatic rings. The zero-order valence-electron chi connectivity index (χ0n) is 8.51. The summed E-state index contributed by atoms with van der Waals surface area (Å²) in [5, 5.41) is 5.69. The van der Waals surface area contributed by atoms with Crippen LogP contribution in [-0.4, -0.2) is 49.9 Å². The van der Waals surface area contributed by atoms with Crippen LogP contribution in [0.15, 0.2) is 0 Å². The van der Waals surface area contributed by atoms with Gasteiger partial charge in [-0.2, -0.15) is 0 Å². The maximum atomic E-state index is 11.5. The molecule has 80 valence electrons. The van der Waals surface area contributed by atoms with Crippen LogP contribution >= 0.6 is 0 Å². The average molecular weight is 199 g/mol. The molecular weight excluding hydrogens is 182 g/mol. The topological polar surface area (TPSA) is 61.4 Å². The summed E-state index contributed by atoms with van der Waals surface area (Å²) in [4.78, 5) is 24.2. The first kappa shape index (κ1) is 11.0. The summed E-state index contributed by atoms with van der Waals surface area (Å²) in [5.74, 6) is 0.0137. The van der Waals surface area contributed by atoms with Gasteiger partial charge in [0.2, 0.25) is 11.8 Å². The Bertz CT molecular complexity index is 218. The smallest absolute Gasteiger partial charge is 0.239 e. The molecule has 1 heterocycles. The van der Waals surface area contributed by atoms with Crippen LogP contribution < -0.4 is 10.6 Å². The second kappa shape index (κ2) is 5.59. The van der Waals surface area contributed by atoms with Crippen LogP contribution in [0.1, 0.15) is 12.8 Å². The molecule has 0 unspecified atom stereocenters. The van der Waals surface area contributed by atoms with Gasteiger partial charge in [-0.05, 0) is 20.0 Å². The number of hydrogen-bond acceptors (Lipinski definition) is 3. The fourth-order valence-corrected chi connectivity index (χ4v) is 1.43. The highest BCUT2D eigenvalue weighted by Crippen LogP contribution is 1.99. The van der Waals surface area contributed by atoms with Crippen molar-refractivity contribution >= 4 is 11.8 Å². The van der Waals surface area contributed by atoms with Crippen molar-refractivity contribution in [3.8, 4) is 0 Å². The van der Waals surface area contributed by atoms with Crippen molar-refractivity contribution in [1.82, 2.24) is 15.5 Å². The third kappa shape index (κ3) is 3.33. The molecule has 1 aliphatic heterocycles. The molecule has 2 N–H and O–H groups in total. The molecule has 0 bridgehead atoms. The number of hydrogen-bond donors (Lipinski definition) is 2. The number of carbonyl (C=O) groups excluding carboxylic acids is 2. The summed E-state index contributed by atoms with van der Waals surface area (Å²) in [5.41, 5.74) is 0. The molecule has 1 aliphatic rings. The first-order valence-corrected chi connectivity index (χ1v) is 4.93. The minimum absolute atomic E-state index is 0.0553. The van der Waals surface area contributed by atoms with Crippen molar-refractivity contribution in [1.29, 1.82) is 0 Å². The Labute approximate surface area is 83.8 Å². The third-order valence-corrected chi connectivity index (χ3v) is 2.20. The first-order valence-electron chi connectivity index (χ1n) is 4.93. The number of rotatable bonds is 4. The quantitative estimate of drug-likeness (QED) is 0.568. The van der Waals surface area contributed by atoms with Crippen LogP contribution in [0.5, 0.6) is 0 Å². The van der Waals surface area contributed by atoms with Gasteiger partial charge in [-0.15, -0.1) is 0 Å². The Kier molecular flexibility index (Phi) is 4.39. The van der Waals surface area contributed by atoms with Gasteiger partial charge >= 0.3 is 0 Å². The molecule has 14 heavy (non-hydrogen) atoms. The maximum Gasteiger partial charge on any atom is 0.239 e. The number of nitrogens with one attached hydrogen (secondary N) is 2. The molecule has 5 heteroatoms. The van der Waals surface area contributed by atoms with E-state index in [1.54, 1.807) is 4.90 Å². The Morgan fingerprint density at radius 3 is 3.00 bits per heavy atom. The van der Waals surface area contributed by atoms with Gasteiger partial charge in [0.25, 0.3) is 0 Å². The molecule has 0 atom stereocenters. The molecule has 1 fully saturated rings. The number of nitrogens with zero attached hydrogens (tertiary/aromatic N) is 1. The second-order valence-electron chi connectivity index (χ2n) is 3.37. The van der Waals surface area contributed by atoms with Crippen LogP contribution in [0, 0.1) is 0 Å². The van der Waals surface area contributed by atoms with E-state index >= 15 is 0 Å². The molecular formula is C9H17N3O2. The largest absolute Gasteiger partial charge is 0.354 e. The van der Waals surface area contributed by atoms with Crippen LogP contribution in [0.3, 0.4) is 0 Å². The first-order chi connectivity index (χ1) is 6.74. The molecule has 0 aromatic carbocycles. The molecule has 5 nitrogen and oxygen atoms in total. The zero-order chi connectivity index (χ0) is 10.4. The van der Waals surface area contributed by atoms with Crippen molar-refractivity contribution in [3.05, 3.63) is 0 Å². The Balaban J connectivity index is 2.38. The lowest BCUT2D eigenvalue weighted by Gasteiger charge is -2.18. The minimum Gasteiger partial charge on any atom is -0.354 e. The standard InChI is InChI=1S/C9H17N3O2/c1-10-4-2-6-12-7-8(13)11-5-3-9(12)14/h10H,2-7H2,1H3,(H,11,13). The summed E-state index contributed by atoms with van der Waals surface area (Å²) < 4.78 is 0. The Morgan fingerprint density at radius 2 is 2.29 bits per heavy atom. The Hall–Kier alpha value is -1.10. The van der Waals surface area contributed by atoms with E-state index in [1.165, 1.54) is 0 Å². The predicted molar refractivity (Wildman–Crippen MR) is 52.8 cm³/mol. The molecule has 0 spiro atoms. The fourth-order valence-electron chi connectivity index (χ4n) is 1.43. The minimum atomic E-state index is -0.0553. The van der Waals surface area contributed by atoms with E-state index in [9.17, 15) is 9.59 Å². The van der Waals surface area contributed by atoms with Crippen LogP contribution in [0.25, 0.3) is 0 Å². The van der Waals surface area contributed by atoms with Gasteiger partial charge in [-0.3, -0.25) is 9.59 Å². The summed E-state index contributed by atoms with van der Waals surface area (Å²) in [6.45, 7) is 2.21. The number of carbonyl (C=O) groups is 2. The van der Waals surface area contributed by atoms with Crippen molar-refractivity contribution < 1.29 is 9.59 Å². The van der Waals surface area contributed by atoms with E-state index < -0.39 is 0 Å². The highest BCUT2D eigenvalue weighted by Gasteiger charge is 2.19. The summed E-state index contributed by atoms with van der Waals surface area (Å²) in [6, 6.07) is 0. The van der Waals surface area contributed by atoms with E-state index in [2.05, 4.69) is 10.6 Å². The van der Waals surface area contributed by atoms with Crippen molar-refractivity contribution in [2.45, 2.75) is 12.8 Å². The molecule has 2 amide bonds. The van der Waals surface area contributed by atoms with Crippen molar-refractivity contribution in [2.24, 2.45) is 0 Å². The van der Waals surface area contributed by atoms with Gasteiger partial charge in [0.05, 0.1) is 6.54 Å². The van der Waals surface area contributed by atoms with Gasteiger partial charge in [-0.1, -0.05) is 0 Å². The molecule has 0 radical (unpaired) electrons. The van der Waals surface area contributed by atoms with E-state index in [4.69, 9.17) is 0 Å². The van der Waals surface area contributed by atoms with Gasteiger partial charge in [0.1, 0.15) is 0 Å². The van der Waals surface area contributed by atoms with E-state index in [0.717, 1.165) is 13.0 Å². The molecule has 1 saturated heterocycles. The third-order valence-electron chi connectivity index (χ3n) is 2.20. The lowest BCUT2D eigenvalue weighted by atomic mass is 10.3. The maximum absolute atomic E-state index is 11.5. The normalized spacial score (nSPS) is 17.9. The Morgan fingerprint density at radius 1 is 1.50 bits per heavy atom. The van der Waals surface area contributed by atoms with Crippen LogP contribution in [0.4, 0.5) is 0 Å². The molecule has 0 aliphatic carbocycles. The van der Waals surface area contributed by atoms with Crippen molar-refractivity contribution in [3.63, 3.8) is 0 Å². The monoisotopic (exact) mass is 199 g/mol. The van der Waals surface area contributed by atoms with E-state index in [-0.39, 0.29) is 18.4 Å². The summed E-state index contributed by atoms with van der Waals surface area (Å²) in [6.07, 6.45) is 1.31. The second-order valence-corrected chi connectivity index (χ2v) is 3.37. The lowest BCUT2D eigenvalue weighted by Crippen LogP contribution is -2.37. The zero-order valence-corrected chi connectivity index (χ0v) is 8.51. The fraction of sp³-hybridized carbons (Fsp3) is 0.778. The van der Waals surface area contributed by atoms with Gasteiger partial charge in [0, 0.05) is 19.5 Å². The highest BCUT2D eigenvalue weighted by molar-refractivity contribution is 5.87. The van der Waals surface area contributed by atoms with Crippen LogP contribution in [-0.2, 0) is 9.59 Å². The molecule has 1 rings (SSSR count). The average Bonchev–Trinajstić information content (AvgIpc) is 2.30. The summed E-state index contributed by atoms with van der Waals surface area (Å²) >= 11 is 0. The molecule has 0 aromatic heterocycles. The summed E-state index contributed by atoms with van der Waals surface area (Å²) in [7, 11) is 1.87. The lowest BCUT2D eigenvalue weighted by molar-refractivity contribution is -0.133. The van der Waals surface area contributed by atoms with Gasteiger partial charge < -0.3 is 15.5 Å². The van der Waals surface area contributed by atoms with Gasteiger partial charge in [0.15, 0.2) is 0 Å². The van der Waals surface area contributed by atoms with Crippen LogP contribution in [0.2, 0.25) is 0 Å². The predicted octanol–water partition coefficient (Wildman–Crippen LogP) is -1.06. The highest BCUT2D eigenvalue weighted by atomic mass is 16.2. The number of amides is 2. The van der Waals surface area contributed by atoms with E-state index in [0.29, 0.717) is 19.5 Å². The van der Waals surface area contributed by atoms with Gasteiger partial charge in [-0.25, -0.2) is 0 Å².